The average molecular weight is 328 g/mol. The van der Waals surface area contributed by atoms with E-state index in [1.807, 2.05) is 4.90 Å². The third-order valence-corrected chi connectivity index (χ3v) is 6.70. The second-order valence-corrected chi connectivity index (χ2v) is 7.81. The molecule has 0 unspecified atom stereocenters. The second kappa shape index (κ2) is 6.16. The zero-order chi connectivity index (χ0) is 16.7. The van der Waals surface area contributed by atoms with Crippen molar-refractivity contribution >= 4 is 11.6 Å². The van der Waals surface area contributed by atoms with Crippen LogP contribution in [-0.4, -0.2) is 41.1 Å². The van der Waals surface area contributed by atoms with Crippen molar-refractivity contribution in [3.8, 4) is 0 Å². The number of amides is 1. The lowest BCUT2D eigenvalue weighted by Crippen LogP contribution is -2.39. The fourth-order valence-corrected chi connectivity index (χ4v) is 5.23. The molecule has 4 heteroatoms. The van der Waals surface area contributed by atoms with Crippen molar-refractivity contribution in [1.29, 1.82) is 0 Å². The number of nitrogens with zero attached hydrogens (tertiary/aromatic N) is 2. The lowest BCUT2D eigenvalue weighted by molar-refractivity contribution is -0.117. The fourth-order valence-electron chi connectivity index (χ4n) is 5.23. The minimum absolute atomic E-state index is 0.116. The average Bonchev–Trinajstić information content (AvgIpc) is 3.29. The highest BCUT2D eigenvalue weighted by molar-refractivity contribution is 5.95. The lowest BCUT2D eigenvalue weighted by atomic mass is 9.72. The topological polar surface area (TPSA) is 43.8 Å². The highest BCUT2D eigenvalue weighted by Crippen LogP contribution is 2.51. The number of aliphatic hydroxyl groups is 1. The van der Waals surface area contributed by atoms with Crippen molar-refractivity contribution in [2.24, 2.45) is 5.41 Å². The van der Waals surface area contributed by atoms with Crippen LogP contribution in [0.5, 0.6) is 0 Å². The Balaban J connectivity index is 1.47. The van der Waals surface area contributed by atoms with Gasteiger partial charge in [-0.3, -0.25) is 9.69 Å². The predicted octanol–water partition coefficient (Wildman–Crippen LogP) is 2.94. The Hall–Kier alpha value is -1.39. The summed E-state index contributed by atoms with van der Waals surface area (Å²) in [6.45, 7) is 4.35. The highest BCUT2D eigenvalue weighted by Gasteiger charge is 2.54. The van der Waals surface area contributed by atoms with Crippen molar-refractivity contribution in [2.45, 2.75) is 64.1 Å². The predicted molar refractivity (Wildman–Crippen MR) is 94.8 cm³/mol. The van der Waals surface area contributed by atoms with E-state index < -0.39 is 0 Å². The van der Waals surface area contributed by atoms with Crippen molar-refractivity contribution < 1.29 is 9.90 Å². The van der Waals surface area contributed by atoms with E-state index in [1.165, 1.54) is 18.4 Å². The van der Waals surface area contributed by atoms with Crippen LogP contribution in [0.2, 0.25) is 0 Å². The number of rotatable bonds is 5. The summed E-state index contributed by atoms with van der Waals surface area (Å²) in [4.78, 5) is 16.4. The molecule has 1 N–H and O–H groups in total. The number of benzene rings is 1. The number of carbonyl (C=O) groups is 1. The van der Waals surface area contributed by atoms with Crippen LogP contribution in [0.15, 0.2) is 24.3 Å². The van der Waals surface area contributed by atoms with E-state index >= 15 is 0 Å². The molecule has 0 saturated carbocycles. The number of hydrogen-bond acceptors (Lipinski definition) is 3. The summed E-state index contributed by atoms with van der Waals surface area (Å²) in [5.74, 6) is 0.246. The first-order valence-electron chi connectivity index (χ1n) is 9.43. The van der Waals surface area contributed by atoms with Crippen LogP contribution in [0.4, 0.5) is 5.69 Å². The van der Waals surface area contributed by atoms with Crippen LogP contribution in [0, 0.1) is 5.41 Å². The molecule has 1 amide bonds. The molecule has 3 saturated heterocycles. The van der Waals surface area contributed by atoms with Gasteiger partial charge in [-0.15, -0.1) is 0 Å². The number of hydrogen-bond donors (Lipinski definition) is 1. The van der Waals surface area contributed by atoms with Crippen molar-refractivity contribution in [3.05, 3.63) is 29.8 Å². The molecule has 0 radical (unpaired) electrons. The maximum absolute atomic E-state index is 11.9. The van der Waals surface area contributed by atoms with Gasteiger partial charge in [-0.25, -0.2) is 0 Å². The summed E-state index contributed by atoms with van der Waals surface area (Å²) < 4.78 is 0. The molecule has 4 rings (SSSR count). The summed E-state index contributed by atoms with van der Waals surface area (Å²) in [7, 11) is 0. The normalized spacial score (nSPS) is 32.9. The molecule has 130 valence electrons. The Kier molecular flexibility index (Phi) is 4.13. The summed E-state index contributed by atoms with van der Waals surface area (Å²) in [6, 6.07) is 9.68. The molecule has 24 heavy (non-hydrogen) atoms. The summed E-state index contributed by atoms with van der Waals surface area (Å²) >= 11 is 0. The van der Waals surface area contributed by atoms with Crippen molar-refractivity contribution in [3.63, 3.8) is 0 Å². The van der Waals surface area contributed by atoms with Crippen LogP contribution < -0.4 is 4.90 Å². The number of carbonyl (C=O) groups excluding carboxylic acids is 1. The van der Waals surface area contributed by atoms with Crippen LogP contribution in [0.3, 0.4) is 0 Å². The molecular weight excluding hydrogens is 300 g/mol. The molecule has 0 aliphatic carbocycles. The van der Waals surface area contributed by atoms with E-state index in [2.05, 4.69) is 36.1 Å². The first kappa shape index (κ1) is 16.1. The Morgan fingerprint density at radius 3 is 2.62 bits per heavy atom. The molecule has 2 bridgehead atoms. The maximum Gasteiger partial charge on any atom is 0.227 e. The van der Waals surface area contributed by atoms with Gasteiger partial charge in [-0.05, 0) is 49.8 Å². The molecule has 3 aliphatic rings. The van der Waals surface area contributed by atoms with E-state index in [-0.39, 0.29) is 11.3 Å². The van der Waals surface area contributed by atoms with Crippen LogP contribution in [0.25, 0.3) is 0 Å². The van der Waals surface area contributed by atoms with Gasteiger partial charge < -0.3 is 10.0 Å². The van der Waals surface area contributed by atoms with E-state index in [0.717, 1.165) is 38.0 Å². The largest absolute Gasteiger partial charge is 0.396 e. The maximum atomic E-state index is 11.9. The van der Waals surface area contributed by atoms with Crippen molar-refractivity contribution in [2.75, 3.05) is 18.1 Å². The summed E-state index contributed by atoms with van der Waals surface area (Å²) in [5, 5.41) is 9.94. The molecule has 4 nitrogen and oxygen atoms in total. The highest BCUT2D eigenvalue weighted by atomic mass is 16.3. The molecule has 0 spiro atoms. The van der Waals surface area contributed by atoms with E-state index in [0.29, 0.717) is 25.1 Å². The Labute approximate surface area is 144 Å². The van der Waals surface area contributed by atoms with Gasteiger partial charge in [-0.1, -0.05) is 19.1 Å². The standard InChI is InChI=1S/C20H28N2O2/c1-2-20(14-23)12-17-9-10-18(20)22(17)13-15-5-7-16(8-6-15)21-11-3-4-19(21)24/h5-8,17-18,23H,2-4,9-14H2,1H3/t17-,18+,20-/m1/s1. The Morgan fingerprint density at radius 1 is 1.25 bits per heavy atom. The number of fused-ring (bicyclic) bond motifs is 2. The summed E-state index contributed by atoms with van der Waals surface area (Å²) in [6.07, 6.45) is 6.35. The lowest BCUT2D eigenvalue weighted by Gasteiger charge is -2.35. The van der Waals surface area contributed by atoms with E-state index in [4.69, 9.17) is 0 Å². The molecule has 3 aliphatic heterocycles. The minimum Gasteiger partial charge on any atom is -0.396 e. The van der Waals surface area contributed by atoms with Gasteiger partial charge >= 0.3 is 0 Å². The van der Waals surface area contributed by atoms with Crippen LogP contribution in [0.1, 0.15) is 51.0 Å². The molecule has 3 fully saturated rings. The molecule has 1 aromatic rings. The van der Waals surface area contributed by atoms with Gasteiger partial charge in [0.2, 0.25) is 5.91 Å². The number of aliphatic hydroxyl groups excluding tert-OH is 1. The Bertz CT molecular complexity index is 609. The van der Waals surface area contributed by atoms with Gasteiger partial charge in [-0.2, -0.15) is 0 Å². The molecule has 3 atom stereocenters. The van der Waals surface area contributed by atoms with Gasteiger partial charge in [0.1, 0.15) is 0 Å². The Morgan fingerprint density at radius 2 is 2.04 bits per heavy atom. The van der Waals surface area contributed by atoms with Gasteiger partial charge in [0, 0.05) is 42.7 Å². The molecule has 0 aromatic heterocycles. The van der Waals surface area contributed by atoms with Crippen LogP contribution in [-0.2, 0) is 11.3 Å². The molecular formula is C20H28N2O2. The van der Waals surface area contributed by atoms with E-state index in [1.54, 1.807) is 0 Å². The minimum atomic E-state index is 0.116. The fraction of sp³-hybridized carbons (Fsp3) is 0.650. The molecule has 1 aromatic carbocycles. The van der Waals surface area contributed by atoms with Gasteiger partial charge in [0.05, 0.1) is 6.61 Å². The third kappa shape index (κ3) is 2.47. The smallest absolute Gasteiger partial charge is 0.227 e. The molecule has 3 heterocycles. The van der Waals surface area contributed by atoms with Gasteiger partial charge in [0.15, 0.2) is 0 Å². The van der Waals surface area contributed by atoms with Crippen LogP contribution >= 0.6 is 0 Å². The van der Waals surface area contributed by atoms with E-state index in [9.17, 15) is 9.90 Å². The SMILES string of the molecule is CC[C@]1(CO)C[C@H]2CC[C@@H]1N2Cc1ccc(N2CCCC2=O)cc1. The quantitative estimate of drug-likeness (QED) is 0.904. The van der Waals surface area contributed by atoms with Crippen molar-refractivity contribution in [1.82, 2.24) is 4.90 Å². The second-order valence-electron chi connectivity index (χ2n) is 7.81. The van der Waals surface area contributed by atoms with Gasteiger partial charge in [0.25, 0.3) is 0 Å². The third-order valence-electron chi connectivity index (χ3n) is 6.70. The number of anilines is 1. The first-order chi connectivity index (χ1) is 11.7. The zero-order valence-electron chi connectivity index (χ0n) is 14.6. The summed E-state index contributed by atoms with van der Waals surface area (Å²) in [5.41, 5.74) is 2.46. The first-order valence-corrected chi connectivity index (χ1v) is 9.43. The zero-order valence-corrected chi connectivity index (χ0v) is 14.6. The monoisotopic (exact) mass is 328 g/mol.